The van der Waals surface area contributed by atoms with Crippen molar-refractivity contribution in [3.05, 3.63) is 57.8 Å². The van der Waals surface area contributed by atoms with E-state index in [1.807, 2.05) is 18.2 Å². The van der Waals surface area contributed by atoms with Crippen LogP contribution < -0.4 is 11.1 Å². The Kier molecular flexibility index (Phi) is 5.96. The fourth-order valence-electron chi connectivity index (χ4n) is 2.23. The Hall–Kier alpha value is -1.65. The molecule has 4 heteroatoms. The number of hydrogen-bond acceptors (Lipinski definition) is 3. The first kappa shape index (κ1) is 15.7. The van der Waals surface area contributed by atoms with Crippen LogP contribution in [0, 0.1) is 0 Å². The normalized spacial score (nSPS) is 12.1. The Labute approximate surface area is 130 Å². The van der Waals surface area contributed by atoms with Crippen LogP contribution in [0.4, 0.5) is 0 Å². The topological polar surface area (TPSA) is 55.1 Å². The van der Waals surface area contributed by atoms with Crippen molar-refractivity contribution in [2.75, 3.05) is 0 Å². The second-order valence-electron chi connectivity index (χ2n) is 5.07. The van der Waals surface area contributed by atoms with E-state index in [0.29, 0.717) is 13.0 Å². The lowest BCUT2D eigenvalue weighted by Gasteiger charge is -2.12. The van der Waals surface area contributed by atoms with Crippen LogP contribution in [0.2, 0.25) is 0 Å². The molecule has 2 rings (SSSR count). The lowest BCUT2D eigenvalue weighted by atomic mass is 10.1. The van der Waals surface area contributed by atoms with E-state index in [4.69, 9.17) is 5.73 Å². The van der Waals surface area contributed by atoms with Crippen LogP contribution in [0.25, 0.3) is 0 Å². The largest absolute Gasteiger partial charge is 0.350 e. The van der Waals surface area contributed by atoms with Crippen LogP contribution >= 0.6 is 11.3 Å². The number of hydrogen-bond donors (Lipinski definition) is 2. The van der Waals surface area contributed by atoms with E-state index in [1.54, 1.807) is 11.3 Å². The fourth-order valence-corrected chi connectivity index (χ4v) is 3.15. The average molecular weight is 302 g/mol. The maximum Gasteiger partial charge on any atom is 0.237 e. The number of nitrogens with two attached hydrogens (primary N) is 1. The number of nitrogens with one attached hydrogen (secondary N) is 1. The maximum absolute atomic E-state index is 12.0. The van der Waals surface area contributed by atoms with Gasteiger partial charge >= 0.3 is 0 Å². The van der Waals surface area contributed by atoms with Crippen molar-refractivity contribution in [1.29, 1.82) is 0 Å². The smallest absolute Gasteiger partial charge is 0.237 e. The third-order valence-electron chi connectivity index (χ3n) is 3.57. The molecule has 0 bridgehead atoms. The van der Waals surface area contributed by atoms with Crippen LogP contribution in [-0.4, -0.2) is 11.9 Å². The summed E-state index contributed by atoms with van der Waals surface area (Å²) in [7, 11) is 0. The SMILES string of the molecule is CCc1ccsc1CNC(=O)[C@@H](N)CCc1ccccc1. The zero-order valence-corrected chi connectivity index (χ0v) is 13.2. The predicted octanol–water partition coefficient (Wildman–Crippen LogP) is 2.89. The van der Waals surface area contributed by atoms with Crippen molar-refractivity contribution in [3.8, 4) is 0 Å². The lowest BCUT2D eigenvalue weighted by molar-refractivity contribution is -0.122. The number of aryl methyl sites for hydroxylation is 2. The van der Waals surface area contributed by atoms with Crippen LogP contribution in [0.1, 0.15) is 29.3 Å². The molecule has 1 amide bonds. The predicted molar refractivity (Wildman–Crippen MR) is 88.3 cm³/mol. The fraction of sp³-hybridized carbons (Fsp3) is 0.353. The summed E-state index contributed by atoms with van der Waals surface area (Å²) in [6, 6.07) is 11.8. The highest BCUT2D eigenvalue weighted by Crippen LogP contribution is 2.16. The van der Waals surface area contributed by atoms with E-state index in [0.717, 1.165) is 12.8 Å². The highest BCUT2D eigenvalue weighted by atomic mass is 32.1. The molecule has 1 aromatic heterocycles. The van der Waals surface area contributed by atoms with Gasteiger partial charge in [-0.05, 0) is 41.8 Å². The van der Waals surface area contributed by atoms with Crippen LogP contribution in [0.15, 0.2) is 41.8 Å². The number of thiophene rings is 1. The second kappa shape index (κ2) is 7.96. The minimum Gasteiger partial charge on any atom is -0.350 e. The zero-order valence-electron chi connectivity index (χ0n) is 12.3. The number of carbonyl (C=O) groups excluding carboxylic acids is 1. The summed E-state index contributed by atoms with van der Waals surface area (Å²) in [6.45, 7) is 2.71. The molecule has 2 aromatic rings. The van der Waals surface area contributed by atoms with Gasteiger partial charge in [0.25, 0.3) is 0 Å². The Bertz CT molecular complexity index is 565. The third-order valence-corrected chi connectivity index (χ3v) is 4.53. The summed E-state index contributed by atoms with van der Waals surface area (Å²) in [6.07, 6.45) is 2.49. The van der Waals surface area contributed by atoms with Gasteiger partial charge in [0.1, 0.15) is 0 Å². The van der Waals surface area contributed by atoms with Gasteiger partial charge in [-0.25, -0.2) is 0 Å². The molecule has 21 heavy (non-hydrogen) atoms. The molecule has 1 heterocycles. The maximum atomic E-state index is 12.0. The van der Waals surface area contributed by atoms with Gasteiger partial charge in [0.05, 0.1) is 12.6 Å². The van der Waals surface area contributed by atoms with Crippen molar-refractivity contribution < 1.29 is 4.79 Å². The second-order valence-corrected chi connectivity index (χ2v) is 6.07. The van der Waals surface area contributed by atoms with Gasteiger partial charge in [0.2, 0.25) is 5.91 Å². The molecule has 0 saturated heterocycles. The Morgan fingerprint density at radius 2 is 2.05 bits per heavy atom. The zero-order chi connectivity index (χ0) is 15.1. The summed E-state index contributed by atoms with van der Waals surface area (Å²) in [5.74, 6) is -0.0682. The molecule has 3 N–H and O–H groups in total. The first-order valence-electron chi connectivity index (χ1n) is 7.33. The summed E-state index contributed by atoms with van der Waals surface area (Å²) in [5, 5.41) is 5.01. The third kappa shape index (κ3) is 4.69. The van der Waals surface area contributed by atoms with Gasteiger partial charge in [-0.3, -0.25) is 4.79 Å². The number of benzene rings is 1. The monoisotopic (exact) mass is 302 g/mol. The molecule has 1 aromatic carbocycles. The standard InChI is InChI=1S/C17H22N2OS/c1-2-14-10-11-21-16(14)12-19-17(20)15(18)9-8-13-6-4-3-5-7-13/h3-7,10-11,15H,2,8-9,12,18H2,1H3,(H,19,20)/t15-/m0/s1. The van der Waals surface area contributed by atoms with Gasteiger partial charge < -0.3 is 11.1 Å². The minimum atomic E-state index is -0.449. The Morgan fingerprint density at radius 3 is 2.76 bits per heavy atom. The molecule has 0 radical (unpaired) electrons. The molecule has 3 nitrogen and oxygen atoms in total. The molecule has 0 aliphatic rings. The van der Waals surface area contributed by atoms with Gasteiger partial charge in [-0.2, -0.15) is 0 Å². The molecule has 1 atom stereocenters. The number of amides is 1. The van der Waals surface area contributed by atoms with Gasteiger partial charge in [0, 0.05) is 4.88 Å². The minimum absolute atomic E-state index is 0.0682. The summed E-state index contributed by atoms with van der Waals surface area (Å²) >= 11 is 1.68. The molecular weight excluding hydrogens is 280 g/mol. The Balaban J connectivity index is 1.77. The van der Waals surface area contributed by atoms with Gasteiger partial charge in [-0.15, -0.1) is 11.3 Å². The quantitative estimate of drug-likeness (QED) is 0.826. The van der Waals surface area contributed by atoms with Crippen molar-refractivity contribution in [1.82, 2.24) is 5.32 Å². The highest BCUT2D eigenvalue weighted by Gasteiger charge is 2.13. The summed E-state index contributed by atoms with van der Waals surface area (Å²) < 4.78 is 0. The first-order valence-corrected chi connectivity index (χ1v) is 8.21. The van der Waals surface area contributed by atoms with Crippen LogP contribution in [-0.2, 0) is 24.2 Å². The lowest BCUT2D eigenvalue weighted by Crippen LogP contribution is -2.40. The molecule has 0 unspecified atom stereocenters. The van der Waals surface area contributed by atoms with Crippen molar-refractivity contribution in [2.24, 2.45) is 5.73 Å². The van der Waals surface area contributed by atoms with E-state index in [1.165, 1.54) is 16.0 Å². The molecule has 112 valence electrons. The number of carbonyl (C=O) groups is 1. The van der Waals surface area contributed by atoms with Gasteiger partial charge in [-0.1, -0.05) is 37.3 Å². The van der Waals surface area contributed by atoms with E-state index in [2.05, 4.69) is 35.8 Å². The molecular formula is C17H22N2OS. The highest BCUT2D eigenvalue weighted by molar-refractivity contribution is 7.10. The van der Waals surface area contributed by atoms with E-state index in [-0.39, 0.29) is 5.91 Å². The van der Waals surface area contributed by atoms with Crippen molar-refractivity contribution in [3.63, 3.8) is 0 Å². The molecule has 0 spiro atoms. The van der Waals surface area contributed by atoms with E-state index in [9.17, 15) is 4.79 Å². The molecule has 0 aliphatic carbocycles. The average Bonchev–Trinajstić information content (AvgIpc) is 2.98. The Morgan fingerprint density at radius 1 is 1.29 bits per heavy atom. The summed E-state index contributed by atoms with van der Waals surface area (Å²) in [4.78, 5) is 13.3. The van der Waals surface area contributed by atoms with Crippen molar-refractivity contribution in [2.45, 2.75) is 38.8 Å². The van der Waals surface area contributed by atoms with Crippen molar-refractivity contribution >= 4 is 17.2 Å². The van der Waals surface area contributed by atoms with Crippen LogP contribution in [0.3, 0.4) is 0 Å². The molecule has 0 saturated carbocycles. The van der Waals surface area contributed by atoms with E-state index >= 15 is 0 Å². The first-order chi connectivity index (χ1) is 10.2. The molecule has 0 fully saturated rings. The summed E-state index contributed by atoms with van der Waals surface area (Å²) in [5.41, 5.74) is 8.49. The number of rotatable bonds is 7. The molecule has 0 aliphatic heterocycles. The van der Waals surface area contributed by atoms with E-state index < -0.39 is 6.04 Å². The van der Waals surface area contributed by atoms with Crippen LogP contribution in [0.5, 0.6) is 0 Å². The van der Waals surface area contributed by atoms with Gasteiger partial charge in [0.15, 0.2) is 0 Å².